The topological polar surface area (TPSA) is 154 Å². The van der Waals surface area contributed by atoms with Crippen LogP contribution in [0, 0.1) is 12.8 Å². The van der Waals surface area contributed by atoms with Gasteiger partial charge in [0, 0.05) is 95.6 Å². The Morgan fingerprint density at radius 3 is 1.63 bits per heavy atom. The minimum absolute atomic E-state index is 0.0179. The average molecular weight is 1370 g/mol. The van der Waals surface area contributed by atoms with Crippen LogP contribution < -0.4 is 14.7 Å². The maximum absolute atomic E-state index is 16.4. The lowest BCUT2D eigenvalue weighted by molar-refractivity contribution is -0.140. The van der Waals surface area contributed by atoms with E-state index in [1.54, 1.807) is 6.07 Å². The highest BCUT2D eigenvalue weighted by Crippen LogP contribution is 2.51. The van der Waals surface area contributed by atoms with Crippen molar-refractivity contribution in [3.8, 4) is 22.3 Å². The number of pyridine rings is 3. The minimum atomic E-state index is -4.80. The summed E-state index contributed by atoms with van der Waals surface area (Å²) in [5, 5.41) is 0. The Hall–Kier alpha value is -7.74. The number of alkyl halides is 6. The monoisotopic (exact) mass is 1370 g/mol. The Kier molecular flexibility index (Phi) is 17.7. The van der Waals surface area contributed by atoms with Crippen LogP contribution in [0.15, 0.2) is 85.3 Å². The number of hydrogen-bond acceptors (Lipinski definition) is 15. The number of anilines is 3. The van der Waals surface area contributed by atoms with Gasteiger partial charge in [-0.05, 0) is 215 Å². The SMILES string of the molecule is CCN1CCN(c2cc(-c3ccnc([C@@H]4CCC[C@H](c5nc6c(N7CCN(C)CC7)cc(-c7cnc([C@@H]8CCC[C@H](c9nc%10c(N%11CC%12CCN(C)CC%11C%12)cccc%10[nH]9)N8C)c(C)c7)cc6[nH]5)N4C)c3C(F)(F)F)cc3[nH]c([C@H]4CCC[C@@H](c5ncccc5C(F)(F)F)N4C)nc23)CC1. The molecule has 3 N–H and O–H groups in total. The number of likely N-dealkylation sites (N-methyl/N-ethyl adjacent to an activating group) is 3. The third-order valence-electron chi connectivity index (χ3n) is 23.8. The summed E-state index contributed by atoms with van der Waals surface area (Å²) in [6.07, 6.45) is 4.57. The molecule has 7 fully saturated rings. The van der Waals surface area contributed by atoms with Crippen LogP contribution in [0.25, 0.3) is 55.4 Å². The van der Waals surface area contributed by atoms with Crippen LogP contribution in [-0.4, -0.2) is 194 Å². The number of benzene rings is 3. The van der Waals surface area contributed by atoms with Gasteiger partial charge in [-0.15, -0.1) is 0 Å². The molecule has 2 unspecified atom stereocenters. The van der Waals surface area contributed by atoms with E-state index < -0.39 is 41.6 Å². The van der Waals surface area contributed by atoms with Gasteiger partial charge < -0.3 is 44.4 Å². The summed E-state index contributed by atoms with van der Waals surface area (Å²) in [4.78, 5) is 62.3. The Labute approximate surface area is 580 Å². The molecule has 6 aromatic heterocycles. The number of aromatic nitrogens is 9. The van der Waals surface area contributed by atoms with E-state index in [0.29, 0.717) is 97.5 Å². The highest BCUT2D eigenvalue weighted by Gasteiger charge is 2.45. The van der Waals surface area contributed by atoms with Gasteiger partial charge in [-0.3, -0.25) is 29.7 Å². The number of nitrogens with zero attached hydrogens (tertiary/aromatic N) is 15. The number of H-pyrrole nitrogens is 3. The smallest absolute Gasteiger partial charge is 0.367 e. The fraction of sp³-hybridized carbons (Fsp3) is 0.526. The van der Waals surface area contributed by atoms with Crippen molar-refractivity contribution in [3.05, 3.63) is 137 Å². The summed E-state index contributed by atoms with van der Waals surface area (Å²) in [7, 11) is 10.3. The van der Waals surface area contributed by atoms with Gasteiger partial charge in [-0.1, -0.05) is 13.0 Å². The summed E-state index contributed by atoms with van der Waals surface area (Å²) >= 11 is 0. The molecule has 8 atom stereocenters. The molecule has 9 aromatic rings. The summed E-state index contributed by atoms with van der Waals surface area (Å²) in [5.41, 5.74) is 11.0. The molecule has 0 saturated carbocycles. The second-order valence-corrected chi connectivity index (χ2v) is 29.9. The van der Waals surface area contributed by atoms with E-state index in [1.165, 1.54) is 49.6 Å². The molecule has 24 heteroatoms. The Morgan fingerprint density at radius 2 is 1.03 bits per heavy atom. The first-order chi connectivity index (χ1) is 48.2. The van der Waals surface area contributed by atoms with Gasteiger partial charge in [0.15, 0.2) is 0 Å². The van der Waals surface area contributed by atoms with Crippen molar-refractivity contribution in [3.63, 3.8) is 0 Å². The second kappa shape index (κ2) is 26.6. The van der Waals surface area contributed by atoms with E-state index in [4.69, 9.17) is 19.9 Å². The van der Waals surface area contributed by atoms with Gasteiger partial charge in [-0.2, -0.15) is 26.3 Å². The Balaban J connectivity index is 0.698. The van der Waals surface area contributed by atoms with Crippen LogP contribution in [0.3, 0.4) is 0 Å². The number of nitrogens with one attached hydrogen (secondary N) is 3. The molecule has 18 nitrogen and oxygen atoms in total. The zero-order chi connectivity index (χ0) is 69.0. The molecule has 3 aromatic carbocycles. The molecule has 7 aliphatic heterocycles. The van der Waals surface area contributed by atoms with E-state index in [1.807, 2.05) is 36.2 Å². The zero-order valence-corrected chi connectivity index (χ0v) is 58.4. The predicted octanol–water partition coefficient (Wildman–Crippen LogP) is 14.3. The number of piperazine rings is 2. The number of likely N-dealkylation sites (tertiary alicyclic amines) is 4. The fourth-order valence-corrected chi connectivity index (χ4v) is 18.3. The second-order valence-electron chi connectivity index (χ2n) is 29.9. The van der Waals surface area contributed by atoms with Gasteiger partial charge >= 0.3 is 12.4 Å². The lowest BCUT2D eigenvalue weighted by atomic mass is 9.88. The number of aromatic amines is 3. The molecule has 2 bridgehead atoms. The standard InChI is InChI=1S/C76H92F6N18/c1-8-97-30-34-99(35-31-97)64-41-48(39-55-70(64)91-73(88-55)61-21-11-17-57(95(61)6)67-52(75(77,78)79)14-13-25-83-67)51-23-26-84-71(65(51)76(80,81)82)58-18-12-22-62(96(58)7)74-87-54-38-47(40-63(69(54)90-74)98-32-28-92(3)29-33-98)49-36-45(2)66(85-42-49)56-16-10-20-60(94(56)5)72-86-53-15-9-19-59(68(53)89-72)100-43-46-24-27-93(4)44-50(100)37-46/h9,13-15,19,23,25-26,36,38-42,46,50,56-58,60-62H,8,10-12,16-18,20-22,24,27-35,37,43-44H2,1-7H3,(H,86,89)(H,87,90)(H,88,91)/t46?,50?,56-,57-,58-,60+,61+,62+/m0/s1. The highest BCUT2D eigenvalue weighted by atomic mass is 19.4. The summed E-state index contributed by atoms with van der Waals surface area (Å²) in [5.74, 6) is 2.97. The van der Waals surface area contributed by atoms with Crippen LogP contribution in [0.5, 0.6) is 0 Å². The molecule has 16 rings (SSSR count). The molecule has 0 spiro atoms. The van der Waals surface area contributed by atoms with Crippen molar-refractivity contribution in [2.45, 2.75) is 139 Å². The normalized spacial score (nSPS) is 25.5. The number of para-hydroxylation sites is 1. The summed E-state index contributed by atoms with van der Waals surface area (Å²) in [6, 6.07) is 19.4. The number of aryl methyl sites for hydroxylation is 1. The van der Waals surface area contributed by atoms with E-state index in [-0.39, 0.29) is 35.1 Å². The first kappa shape index (κ1) is 66.8. The number of fused-ring (bicyclic) bond motifs is 5. The van der Waals surface area contributed by atoms with E-state index >= 15 is 13.2 Å². The van der Waals surface area contributed by atoms with Crippen molar-refractivity contribution in [2.75, 3.05) is 128 Å². The largest absolute Gasteiger partial charge is 0.418 e. The zero-order valence-electron chi connectivity index (χ0n) is 58.4. The van der Waals surface area contributed by atoms with Gasteiger partial charge in [0.1, 0.15) is 34.0 Å². The number of rotatable bonds is 12. The first-order valence-corrected chi connectivity index (χ1v) is 36.4. The summed E-state index contributed by atoms with van der Waals surface area (Å²) < 4.78 is 92.6. The lowest BCUT2D eigenvalue weighted by Crippen LogP contribution is -2.46. The number of imidazole rings is 3. The average Bonchev–Trinajstić information content (AvgIpc) is 1.37. The Bertz CT molecular complexity index is 4470. The predicted molar refractivity (Wildman–Crippen MR) is 380 cm³/mol. The third-order valence-corrected chi connectivity index (χ3v) is 23.8. The molecule has 0 radical (unpaired) electrons. The third kappa shape index (κ3) is 12.4. The van der Waals surface area contributed by atoms with E-state index in [0.717, 1.165) is 140 Å². The number of piperidine rings is 3. The van der Waals surface area contributed by atoms with Crippen LogP contribution in [-0.2, 0) is 12.4 Å². The number of halogens is 6. The van der Waals surface area contributed by atoms with Crippen LogP contribution >= 0.6 is 0 Å². The molecule has 100 heavy (non-hydrogen) atoms. The molecule has 0 amide bonds. The highest BCUT2D eigenvalue weighted by molar-refractivity contribution is 5.96. The maximum atomic E-state index is 16.4. The maximum Gasteiger partial charge on any atom is 0.418 e. The lowest BCUT2D eigenvalue weighted by Gasteiger charge is -2.39. The van der Waals surface area contributed by atoms with Gasteiger partial charge in [-0.25, -0.2) is 15.0 Å². The molecular formula is C76H92F6N18. The van der Waals surface area contributed by atoms with Crippen molar-refractivity contribution >= 4 is 50.2 Å². The van der Waals surface area contributed by atoms with Crippen LogP contribution in [0.4, 0.5) is 43.4 Å². The summed E-state index contributed by atoms with van der Waals surface area (Å²) in [6.45, 7) is 14.7. The van der Waals surface area contributed by atoms with E-state index in [9.17, 15) is 13.2 Å². The van der Waals surface area contributed by atoms with Crippen molar-refractivity contribution < 1.29 is 26.3 Å². The minimum Gasteiger partial charge on any atom is -0.367 e. The van der Waals surface area contributed by atoms with Crippen molar-refractivity contribution in [1.82, 2.24) is 74.3 Å². The van der Waals surface area contributed by atoms with E-state index in [2.05, 4.69) is 131 Å². The van der Waals surface area contributed by atoms with Crippen molar-refractivity contribution in [1.29, 1.82) is 0 Å². The number of hydrogen-bond donors (Lipinski definition) is 3. The van der Waals surface area contributed by atoms with Gasteiger partial charge in [0.25, 0.3) is 0 Å². The molecule has 528 valence electrons. The fourth-order valence-electron chi connectivity index (χ4n) is 18.3. The first-order valence-electron chi connectivity index (χ1n) is 36.4. The molecule has 7 saturated heterocycles. The van der Waals surface area contributed by atoms with Crippen LogP contribution in [0.2, 0.25) is 0 Å². The molecular weight excluding hydrogens is 1280 g/mol. The quantitative estimate of drug-likeness (QED) is 0.0994. The van der Waals surface area contributed by atoms with Gasteiger partial charge in [0.2, 0.25) is 0 Å². The molecule has 13 heterocycles. The molecule has 0 aliphatic carbocycles. The van der Waals surface area contributed by atoms with Crippen molar-refractivity contribution in [2.24, 2.45) is 5.92 Å². The Morgan fingerprint density at radius 1 is 0.480 bits per heavy atom. The van der Waals surface area contributed by atoms with Crippen LogP contribution in [0.1, 0.15) is 165 Å². The van der Waals surface area contributed by atoms with Gasteiger partial charge in [0.05, 0.1) is 98.1 Å². The molecule has 7 aliphatic rings.